The lowest BCUT2D eigenvalue weighted by Gasteiger charge is -2.10. The molecule has 0 spiro atoms. The number of benzene rings is 1. The predicted octanol–water partition coefficient (Wildman–Crippen LogP) is 2.36. The first-order valence-electron chi connectivity index (χ1n) is 7.88. The minimum absolute atomic E-state index is 0.168. The molecule has 1 heterocycles. The van der Waals surface area contributed by atoms with Crippen molar-refractivity contribution in [3.05, 3.63) is 30.5 Å². The highest BCUT2D eigenvalue weighted by molar-refractivity contribution is 6.01. The fourth-order valence-electron chi connectivity index (χ4n) is 2.48. The van der Waals surface area contributed by atoms with Gasteiger partial charge >= 0.3 is 6.03 Å². The number of anilines is 1. The number of fused-ring (bicyclic) bond motifs is 1. The van der Waals surface area contributed by atoms with Gasteiger partial charge in [-0.2, -0.15) is 0 Å². The van der Waals surface area contributed by atoms with Crippen molar-refractivity contribution in [1.82, 2.24) is 14.8 Å². The van der Waals surface area contributed by atoms with Crippen LogP contribution in [-0.2, 0) is 11.3 Å². The van der Waals surface area contributed by atoms with E-state index in [4.69, 9.17) is 4.74 Å². The second-order valence-electron chi connectivity index (χ2n) is 5.78. The fraction of sp³-hybridized carbons (Fsp3) is 0.471. The summed E-state index contributed by atoms with van der Waals surface area (Å²) >= 11 is 0. The van der Waals surface area contributed by atoms with Gasteiger partial charge < -0.3 is 24.8 Å². The largest absolute Gasteiger partial charge is 0.383 e. The van der Waals surface area contributed by atoms with E-state index in [1.807, 2.05) is 44.6 Å². The molecule has 0 fully saturated rings. The summed E-state index contributed by atoms with van der Waals surface area (Å²) in [6, 6.07) is 7.86. The van der Waals surface area contributed by atoms with E-state index >= 15 is 0 Å². The number of urea groups is 1. The molecule has 1 aromatic carbocycles. The number of nitrogens with one attached hydrogen (secondary N) is 2. The Morgan fingerprint density at radius 3 is 2.83 bits per heavy atom. The first-order valence-corrected chi connectivity index (χ1v) is 7.88. The molecular formula is C17H26N4O2. The van der Waals surface area contributed by atoms with E-state index in [-0.39, 0.29) is 6.03 Å². The first-order chi connectivity index (χ1) is 11.1. The number of amides is 2. The van der Waals surface area contributed by atoms with Gasteiger partial charge in [0.1, 0.15) is 0 Å². The summed E-state index contributed by atoms with van der Waals surface area (Å²) in [5.41, 5.74) is 1.91. The smallest absolute Gasteiger partial charge is 0.319 e. The molecule has 2 rings (SSSR count). The van der Waals surface area contributed by atoms with Gasteiger partial charge in [-0.3, -0.25) is 0 Å². The van der Waals surface area contributed by atoms with Crippen molar-refractivity contribution in [2.24, 2.45) is 0 Å². The van der Waals surface area contributed by atoms with Gasteiger partial charge in [0.2, 0.25) is 0 Å². The average molecular weight is 318 g/mol. The van der Waals surface area contributed by atoms with Gasteiger partial charge in [0.15, 0.2) is 0 Å². The number of para-hydroxylation sites is 1. The molecule has 1 aromatic heterocycles. The number of hydrogen-bond acceptors (Lipinski definition) is 3. The van der Waals surface area contributed by atoms with Gasteiger partial charge in [-0.25, -0.2) is 4.79 Å². The highest BCUT2D eigenvalue weighted by Gasteiger charge is 2.10. The van der Waals surface area contributed by atoms with E-state index in [0.29, 0.717) is 13.2 Å². The summed E-state index contributed by atoms with van der Waals surface area (Å²) in [5.74, 6) is 0. The minimum Gasteiger partial charge on any atom is -0.383 e. The Kier molecular flexibility index (Phi) is 6.43. The Bertz CT molecular complexity index is 637. The van der Waals surface area contributed by atoms with Gasteiger partial charge in [0.25, 0.3) is 0 Å². The molecule has 0 aliphatic heterocycles. The molecule has 0 bridgehead atoms. The van der Waals surface area contributed by atoms with Crippen LogP contribution in [0.5, 0.6) is 0 Å². The summed E-state index contributed by atoms with van der Waals surface area (Å²) in [7, 11) is 5.73. The van der Waals surface area contributed by atoms with Crippen LogP contribution in [0, 0.1) is 0 Å². The van der Waals surface area contributed by atoms with Crippen molar-refractivity contribution in [1.29, 1.82) is 0 Å². The van der Waals surface area contributed by atoms with E-state index in [2.05, 4.69) is 20.1 Å². The Morgan fingerprint density at radius 2 is 2.09 bits per heavy atom. The Morgan fingerprint density at radius 1 is 1.30 bits per heavy atom. The van der Waals surface area contributed by atoms with Crippen LogP contribution in [0.2, 0.25) is 0 Å². The van der Waals surface area contributed by atoms with Crippen LogP contribution >= 0.6 is 0 Å². The maximum absolute atomic E-state index is 12.1. The Hall–Kier alpha value is -2.05. The van der Waals surface area contributed by atoms with Crippen LogP contribution in [0.3, 0.4) is 0 Å². The Labute approximate surface area is 137 Å². The van der Waals surface area contributed by atoms with Gasteiger partial charge in [-0.05, 0) is 33.1 Å². The topological polar surface area (TPSA) is 58.5 Å². The summed E-state index contributed by atoms with van der Waals surface area (Å²) in [6.45, 7) is 3.00. The predicted molar refractivity (Wildman–Crippen MR) is 94.0 cm³/mol. The Balaban J connectivity index is 2.00. The van der Waals surface area contributed by atoms with Crippen LogP contribution in [-0.4, -0.2) is 56.4 Å². The molecule has 2 N–H and O–H groups in total. The van der Waals surface area contributed by atoms with Crippen molar-refractivity contribution in [3.63, 3.8) is 0 Å². The van der Waals surface area contributed by atoms with Crippen molar-refractivity contribution >= 4 is 22.6 Å². The molecule has 0 radical (unpaired) electrons. The lowest BCUT2D eigenvalue weighted by molar-refractivity contribution is 0.188. The first kappa shape index (κ1) is 17.3. The van der Waals surface area contributed by atoms with Gasteiger partial charge in [-0.15, -0.1) is 0 Å². The van der Waals surface area contributed by atoms with E-state index in [0.717, 1.165) is 36.1 Å². The van der Waals surface area contributed by atoms with Crippen molar-refractivity contribution in [2.45, 2.75) is 13.0 Å². The maximum Gasteiger partial charge on any atom is 0.319 e. The third-order valence-corrected chi connectivity index (χ3v) is 3.64. The second-order valence-corrected chi connectivity index (χ2v) is 5.78. The number of carbonyl (C=O) groups excluding carboxylic acids is 1. The van der Waals surface area contributed by atoms with Gasteiger partial charge in [0.05, 0.1) is 17.8 Å². The molecule has 0 saturated heterocycles. The summed E-state index contributed by atoms with van der Waals surface area (Å²) in [5, 5.41) is 6.87. The van der Waals surface area contributed by atoms with E-state index in [1.54, 1.807) is 7.11 Å². The van der Waals surface area contributed by atoms with Crippen LogP contribution < -0.4 is 10.6 Å². The molecule has 2 amide bonds. The summed E-state index contributed by atoms with van der Waals surface area (Å²) < 4.78 is 7.24. The number of aromatic nitrogens is 1. The highest BCUT2D eigenvalue weighted by Crippen LogP contribution is 2.25. The van der Waals surface area contributed by atoms with Crippen LogP contribution in [0.1, 0.15) is 6.42 Å². The molecule has 126 valence electrons. The molecule has 0 aliphatic rings. The third-order valence-electron chi connectivity index (χ3n) is 3.64. The minimum atomic E-state index is -0.168. The number of rotatable bonds is 8. The molecule has 6 nitrogen and oxygen atoms in total. The number of ether oxygens (including phenoxy) is 1. The van der Waals surface area contributed by atoms with E-state index in [1.165, 1.54) is 0 Å². The quantitative estimate of drug-likeness (QED) is 0.735. The zero-order chi connectivity index (χ0) is 16.7. The van der Waals surface area contributed by atoms with Crippen molar-refractivity contribution < 1.29 is 9.53 Å². The number of hydrogen-bond donors (Lipinski definition) is 2. The molecule has 0 aliphatic carbocycles. The van der Waals surface area contributed by atoms with Crippen LogP contribution in [0.25, 0.3) is 10.9 Å². The van der Waals surface area contributed by atoms with E-state index < -0.39 is 0 Å². The van der Waals surface area contributed by atoms with Crippen LogP contribution in [0.4, 0.5) is 10.5 Å². The fourth-order valence-corrected chi connectivity index (χ4v) is 2.48. The SMILES string of the molecule is COCCn1cc(NC(=O)NCCCN(C)C)c2ccccc21. The normalized spacial score (nSPS) is 11.1. The molecule has 0 saturated carbocycles. The van der Waals surface area contributed by atoms with Crippen molar-refractivity contribution in [2.75, 3.05) is 46.2 Å². The van der Waals surface area contributed by atoms with Gasteiger partial charge in [-0.1, -0.05) is 18.2 Å². The van der Waals surface area contributed by atoms with Gasteiger partial charge in [0, 0.05) is 31.8 Å². The third kappa shape index (κ3) is 4.97. The number of nitrogens with zero attached hydrogens (tertiary/aromatic N) is 2. The number of carbonyl (C=O) groups is 1. The average Bonchev–Trinajstić information content (AvgIpc) is 2.87. The lowest BCUT2D eigenvalue weighted by atomic mass is 10.2. The van der Waals surface area contributed by atoms with E-state index in [9.17, 15) is 4.79 Å². The second kappa shape index (κ2) is 8.55. The maximum atomic E-state index is 12.1. The number of methoxy groups -OCH3 is 1. The zero-order valence-electron chi connectivity index (χ0n) is 14.1. The lowest BCUT2D eigenvalue weighted by Crippen LogP contribution is -2.31. The highest BCUT2D eigenvalue weighted by atomic mass is 16.5. The zero-order valence-corrected chi connectivity index (χ0v) is 14.1. The molecular weight excluding hydrogens is 292 g/mol. The van der Waals surface area contributed by atoms with Crippen LogP contribution in [0.15, 0.2) is 30.5 Å². The summed E-state index contributed by atoms with van der Waals surface area (Å²) in [6.07, 6.45) is 2.89. The van der Waals surface area contributed by atoms with Crippen molar-refractivity contribution in [3.8, 4) is 0 Å². The molecule has 6 heteroatoms. The molecule has 0 unspecified atom stereocenters. The summed E-state index contributed by atoms with van der Waals surface area (Å²) in [4.78, 5) is 14.2. The standard InChI is InChI=1S/C17H26N4O2/c1-20(2)10-6-9-18-17(22)19-15-13-21(11-12-23-3)16-8-5-4-7-14(15)16/h4-5,7-8,13H,6,9-12H2,1-3H3,(H2,18,19,22). The molecule has 23 heavy (non-hydrogen) atoms. The molecule has 2 aromatic rings. The molecule has 0 atom stereocenters. The monoisotopic (exact) mass is 318 g/mol.